The average molecular weight is 204 g/mol. The summed E-state index contributed by atoms with van der Waals surface area (Å²) in [5, 5.41) is 8.29. The summed E-state index contributed by atoms with van der Waals surface area (Å²) in [6.07, 6.45) is 7.46. The molecule has 0 bridgehead atoms. The van der Waals surface area contributed by atoms with Crippen molar-refractivity contribution in [1.82, 2.24) is 19.9 Å². The Kier molecular flexibility index (Phi) is 4.38. The van der Waals surface area contributed by atoms with Gasteiger partial charge in [0.2, 0.25) is 0 Å². The monoisotopic (exact) mass is 204 g/mol. The van der Waals surface area contributed by atoms with Crippen molar-refractivity contribution >= 4 is 5.97 Å². The van der Waals surface area contributed by atoms with Crippen LogP contribution in [0.3, 0.4) is 0 Å². The maximum absolute atomic E-state index is 10.1. The number of aromatic carboxylic acids is 1. The van der Waals surface area contributed by atoms with E-state index in [4.69, 9.17) is 5.11 Å². The molecule has 0 fully saturated rings. The Morgan fingerprint density at radius 2 is 1.73 bits per heavy atom. The summed E-state index contributed by atoms with van der Waals surface area (Å²) >= 11 is 0. The molecule has 0 aromatic carbocycles. The molecule has 1 N–H and O–H groups in total. The van der Waals surface area contributed by atoms with Crippen molar-refractivity contribution in [3.8, 4) is 0 Å². The molecule has 0 amide bonds. The van der Waals surface area contributed by atoms with Crippen molar-refractivity contribution in [1.29, 1.82) is 0 Å². The van der Waals surface area contributed by atoms with Gasteiger partial charge in [-0.3, -0.25) is 0 Å². The molecule has 2 aromatic heterocycles. The molecule has 0 atom stereocenters. The third-order valence-corrected chi connectivity index (χ3v) is 1.28. The van der Waals surface area contributed by atoms with Crippen LogP contribution in [0, 0.1) is 0 Å². The van der Waals surface area contributed by atoms with Crippen molar-refractivity contribution < 1.29 is 9.90 Å². The summed E-state index contributed by atoms with van der Waals surface area (Å²) in [6.45, 7) is 0. The van der Waals surface area contributed by atoms with Gasteiger partial charge < -0.3 is 5.11 Å². The lowest BCUT2D eigenvalue weighted by atomic mass is 10.4. The molecule has 0 saturated carbocycles. The second kappa shape index (κ2) is 6.14. The Balaban J connectivity index is 0.000000162. The van der Waals surface area contributed by atoms with Crippen LogP contribution in [-0.4, -0.2) is 31.0 Å². The van der Waals surface area contributed by atoms with Gasteiger partial charge in [0.05, 0.1) is 0 Å². The zero-order valence-electron chi connectivity index (χ0n) is 7.69. The summed E-state index contributed by atoms with van der Waals surface area (Å²) < 4.78 is 0. The number of carbonyl (C=O) groups is 1. The van der Waals surface area contributed by atoms with Gasteiger partial charge in [0.1, 0.15) is 12.7 Å². The average Bonchev–Trinajstić information content (AvgIpc) is 2.33. The molecule has 76 valence electrons. The van der Waals surface area contributed by atoms with E-state index in [9.17, 15) is 4.79 Å². The van der Waals surface area contributed by atoms with Gasteiger partial charge in [0.25, 0.3) is 0 Å². The lowest BCUT2D eigenvalue weighted by Crippen LogP contribution is -1.98. The van der Waals surface area contributed by atoms with E-state index < -0.39 is 5.97 Å². The highest BCUT2D eigenvalue weighted by molar-refractivity contribution is 5.84. The van der Waals surface area contributed by atoms with Gasteiger partial charge in [0.15, 0.2) is 5.69 Å². The first-order valence-electron chi connectivity index (χ1n) is 4.00. The topological polar surface area (TPSA) is 88.9 Å². The molecule has 2 aromatic rings. The summed E-state index contributed by atoms with van der Waals surface area (Å²) in [7, 11) is 0. The molecule has 0 radical (unpaired) electrons. The molecule has 0 aliphatic rings. The van der Waals surface area contributed by atoms with Gasteiger partial charge in [-0.05, 0) is 12.1 Å². The van der Waals surface area contributed by atoms with Crippen LogP contribution in [0.2, 0.25) is 0 Å². The van der Waals surface area contributed by atoms with Crippen LogP contribution in [-0.2, 0) is 0 Å². The van der Waals surface area contributed by atoms with Crippen LogP contribution >= 0.6 is 0 Å². The summed E-state index contributed by atoms with van der Waals surface area (Å²) in [5.41, 5.74) is 0.0185. The minimum absolute atomic E-state index is 0.0185. The number of carboxylic acids is 1. The van der Waals surface area contributed by atoms with Crippen LogP contribution < -0.4 is 0 Å². The van der Waals surface area contributed by atoms with Crippen LogP contribution in [0.1, 0.15) is 10.5 Å². The third kappa shape index (κ3) is 4.41. The van der Waals surface area contributed by atoms with Crippen LogP contribution in [0.5, 0.6) is 0 Å². The second-order valence-electron chi connectivity index (χ2n) is 2.30. The largest absolute Gasteiger partial charge is 0.477 e. The minimum atomic E-state index is -1.03. The predicted molar refractivity (Wildman–Crippen MR) is 51.0 cm³/mol. The van der Waals surface area contributed by atoms with Gasteiger partial charge in [-0.1, -0.05) is 0 Å². The highest BCUT2D eigenvalue weighted by Gasteiger charge is 1.99. The fourth-order valence-electron chi connectivity index (χ4n) is 0.671. The van der Waals surface area contributed by atoms with E-state index in [0.29, 0.717) is 0 Å². The lowest BCUT2D eigenvalue weighted by molar-refractivity contribution is 0.0690. The number of nitrogens with zero attached hydrogens (tertiary/aromatic N) is 4. The molecular formula is C9H8N4O2. The first kappa shape index (κ1) is 10.7. The zero-order chi connectivity index (χ0) is 10.9. The van der Waals surface area contributed by atoms with Gasteiger partial charge in [-0.25, -0.2) is 24.7 Å². The highest BCUT2D eigenvalue weighted by atomic mass is 16.4. The predicted octanol–water partition coefficient (Wildman–Crippen LogP) is 0.651. The summed E-state index contributed by atoms with van der Waals surface area (Å²) in [5.74, 6) is -1.03. The molecule has 2 heterocycles. The minimum Gasteiger partial charge on any atom is -0.477 e. The Bertz CT molecular complexity index is 367. The molecule has 6 heteroatoms. The van der Waals surface area contributed by atoms with Gasteiger partial charge in [-0.2, -0.15) is 0 Å². The van der Waals surface area contributed by atoms with Crippen molar-refractivity contribution in [3.63, 3.8) is 0 Å². The summed E-state index contributed by atoms with van der Waals surface area (Å²) in [4.78, 5) is 24.5. The van der Waals surface area contributed by atoms with Crippen LogP contribution in [0.4, 0.5) is 0 Å². The Morgan fingerprint density at radius 3 is 2.00 bits per heavy atom. The molecule has 6 nitrogen and oxygen atoms in total. The fourth-order valence-corrected chi connectivity index (χ4v) is 0.671. The molecule has 2 rings (SSSR count). The van der Waals surface area contributed by atoms with Crippen molar-refractivity contribution in [3.05, 3.63) is 49.1 Å². The van der Waals surface area contributed by atoms with E-state index in [-0.39, 0.29) is 5.69 Å². The van der Waals surface area contributed by atoms with E-state index in [1.54, 1.807) is 18.5 Å². The van der Waals surface area contributed by atoms with Gasteiger partial charge in [-0.15, -0.1) is 0 Å². The van der Waals surface area contributed by atoms with Crippen molar-refractivity contribution in [2.24, 2.45) is 0 Å². The zero-order valence-corrected chi connectivity index (χ0v) is 7.69. The van der Waals surface area contributed by atoms with E-state index in [1.165, 1.54) is 24.9 Å². The first-order chi connectivity index (χ1) is 7.30. The molecule has 15 heavy (non-hydrogen) atoms. The Morgan fingerprint density at radius 1 is 1.07 bits per heavy atom. The van der Waals surface area contributed by atoms with Gasteiger partial charge in [0, 0.05) is 18.6 Å². The van der Waals surface area contributed by atoms with E-state index in [0.717, 1.165) is 0 Å². The quantitative estimate of drug-likeness (QED) is 0.733. The fraction of sp³-hybridized carbons (Fsp3) is 0. The van der Waals surface area contributed by atoms with Gasteiger partial charge >= 0.3 is 5.97 Å². The van der Waals surface area contributed by atoms with E-state index >= 15 is 0 Å². The van der Waals surface area contributed by atoms with E-state index in [1.807, 2.05) is 0 Å². The Hall–Kier alpha value is -2.37. The SMILES string of the molecule is O=C(O)c1ccncn1.c1cncnc1. The van der Waals surface area contributed by atoms with Crippen molar-refractivity contribution in [2.75, 3.05) is 0 Å². The van der Waals surface area contributed by atoms with Crippen molar-refractivity contribution in [2.45, 2.75) is 0 Å². The smallest absolute Gasteiger partial charge is 0.354 e. The first-order valence-corrected chi connectivity index (χ1v) is 4.00. The molecule has 0 aliphatic heterocycles. The standard InChI is InChI=1S/C5H4N2O2.C4H4N2/c8-5(9)4-1-2-6-3-7-4;1-2-5-4-6-3-1/h1-3H,(H,8,9);1-4H. The molecule has 0 unspecified atom stereocenters. The van der Waals surface area contributed by atoms with Crippen LogP contribution in [0.15, 0.2) is 43.4 Å². The summed E-state index contributed by atoms with van der Waals surface area (Å²) in [6, 6.07) is 3.11. The maximum Gasteiger partial charge on any atom is 0.354 e. The lowest BCUT2D eigenvalue weighted by Gasteiger charge is -1.86. The number of hydrogen-bond donors (Lipinski definition) is 1. The Labute approximate surface area is 85.7 Å². The molecule has 0 spiro atoms. The number of aromatic nitrogens is 4. The van der Waals surface area contributed by atoms with Crippen LogP contribution in [0.25, 0.3) is 0 Å². The normalized spacial score (nSPS) is 8.53. The van der Waals surface area contributed by atoms with E-state index in [2.05, 4.69) is 19.9 Å². The molecule has 0 aliphatic carbocycles. The highest BCUT2D eigenvalue weighted by Crippen LogP contribution is 1.87. The number of rotatable bonds is 1. The maximum atomic E-state index is 10.1. The molecule has 0 saturated heterocycles. The molecular weight excluding hydrogens is 196 g/mol. The third-order valence-electron chi connectivity index (χ3n) is 1.28. The number of hydrogen-bond acceptors (Lipinski definition) is 5. The second-order valence-corrected chi connectivity index (χ2v) is 2.30. The number of carboxylic acid groups (broad SMARTS) is 1.